The molecule has 0 saturated carbocycles. The molecule has 0 aliphatic carbocycles. The van der Waals surface area contributed by atoms with Crippen molar-refractivity contribution >= 4 is 16.7 Å². The zero-order valence-electron chi connectivity index (χ0n) is 7.76. The molecule has 2 rings (SSSR count). The topological polar surface area (TPSA) is 73.8 Å². The van der Waals surface area contributed by atoms with Gasteiger partial charge in [0.25, 0.3) is 5.69 Å². The summed E-state index contributed by atoms with van der Waals surface area (Å²) in [7, 11) is 1.68. The Labute approximate surface area is 79.3 Å². The summed E-state index contributed by atoms with van der Waals surface area (Å²) in [5, 5.41) is 18.7. The van der Waals surface area contributed by atoms with Crippen LogP contribution in [-0.4, -0.2) is 19.9 Å². The van der Waals surface area contributed by atoms with Crippen molar-refractivity contribution in [3.05, 3.63) is 27.8 Å². The molecule has 0 atom stereocenters. The largest absolute Gasteiger partial charge is 0.274 e. The Kier molecular flexibility index (Phi) is 1.70. The lowest BCUT2D eigenvalue weighted by atomic mass is 10.2. The van der Waals surface area contributed by atoms with E-state index in [9.17, 15) is 10.1 Å². The van der Waals surface area contributed by atoms with Gasteiger partial charge in [0.1, 0.15) is 11.0 Å². The molecule has 6 nitrogen and oxygen atoms in total. The van der Waals surface area contributed by atoms with E-state index in [0.717, 1.165) is 0 Å². The minimum absolute atomic E-state index is 0.0815. The summed E-state index contributed by atoms with van der Waals surface area (Å²) in [4.78, 5) is 11.6. The summed E-state index contributed by atoms with van der Waals surface area (Å²) >= 11 is 0. The molecular formula is C8H8N4O2. The summed E-state index contributed by atoms with van der Waals surface area (Å²) in [6.07, 6.45) is 0. The molecule has 6 heteroatoms. The van der Waals surface area contributed by atoms with Crippen LogP contribution in [0, 0.1) is 17.0 Å². The van der Waals surface area contributed by atoms with Gasteiger partial charge in [0.05, 0.1) is 4.92 Å². The summed E-state index contributed by atoms with van der Waals surface area (Å²) < 4.78 is 0. The fraction of sp³-hybridized carbons (Fsp3) is 0.250. The highest BCUT2D eigenvalue weighted by molar-refractivity contribution is 5.78. The van der Waals surface area contributed by atoms with E-state index in [1.54, 1.807) is 20.0 Å². The molecule has 0 aliphatic heterocycles. The van der Waals surface area contributed by atoms with Crippen LogP contribution in [-0.2, 0) is 7.05 Å². The first kappa shape index (κ1) is 8.61. The molecule has 72 valence electrons. The van der Waals surface area contributed by atoms with Crippen molar-refractivity contribution in [2.75, 3.05) is 0 Å². The lowest BCUT2D eigenvalue weighted by Crippen LogP contribution is -1.91. The maximum absolute atomic E-state index is 10.6. The standard InChI is InChI=1S/C8H8N4O2/c1-5-3-6-7(10-11(2)9-6)4-8(5)12(13)14/h3-4H,1-2H3. The van der Waals surface area contributed by atoms with Gasteiger partial charge in [-0.05, 0) is 13.0 Å². The van der Waals surface area contributed by atoms with E-state index < -0.39 is 4.92 Å². The normalized spacial score (nSPS) is 10.7. The van der Waals surface area contributed by atoms with E-state index in [1.807, 2.05) is 0 Å². The van der Waals surface area contributed by atoms with Crippen LogP contribution in [0.4, 0.5) is 5.69 Å². The highest BCUT2D eigenvalue weighted by atomic mass is 16.6. The molecule has 0 aliphatic rings. The molecule has 1 heterocycles. The smallest absolute Gasteiger partial charge is 0.258 e. The first-order valence-electron chi connectivity index (χ1n) is 4.04. The van der Waals surface area contributed by atoms with Crippen LogP contribution >= 0.6 is 0 Å². The number of aromatic nitrogens is 3. The van der Waals surface area contributed by atoms with E-state index in [0.29, 0.717) is 16.6 Å². The second-order valence-corrected chi connectivity index (χ2v) is 3.07. The third-order valence-electron chi connectivity index (χ3n) is 1.99. The van der Waals surface area contributed by atoms with Crippen molar-refractivity contribution in [2.24, 2.45) is 7.05 Å². The molecule has 0 spiro atoms. The average Bonchev–Trinajstić information content (AvgIpc) is 2.42. The van der Waals surface area contributed by atoms with Gasteiger partial charge < -0.3 is 0 Å². The summed E-state index contributed by atoms with van der Waals surface area (Å²) in [6.45, 7) is 1.69. The van der Waals surface area contributed by atoms with Gasteiger partial charge >= 0.3 is 0 Å². The number of benzene rings is 1. The van der Waals surface area contributed by atoms with Crippen LogP contribution in [0.15, 0.2) is 12.1 Å². The first-order valence-corrected chi connectivity index (χ1v) is 4.04. The molecule has 1 aromatic carbocycles. The Morgan fingerprint density at radius 1 is 1.36 bits per heavy atom. The zero-order valence-corrected chi connectivity index (χ0v) is 7.76. The maximum atomic E-state index is 10.6. The highest BCUT2D eigenvalue weighted by Crippen LogP contribution is 2.22. The fourth-order valence-corrected chi connectivity index (χ4v) is 1.36. The van der Waals surface area contributed by atoms with Crippen molar-refractivity contribution < 1.29 is 4.92 Å². The third-order valence-corrected chi connectivity index (χ3v) is 1.99. The molecule has 2 aromatic rings. The van der Waals surface area contributed by atoms with Gasteiger partial charge in [0.15, 0.2) is 0 Å². The van der Waals surface area contributed by atoms with Crippen LogP contribution in [0.5, 0.6) is 0 Å². The number of rotatable bonds is 1. The van der Waals surface area contributed by atoms with Crippen molar-refractivity contribution in [1.82, 2.24) is 15.0 Å². The Hall–Kier alpha value is -1.98. The van der Waals surface area contributed by atoms with Gasteiger partial charge in [-0.3, -0.25) is 10.1 Å². The van der Waals surface area contributed by atoms with Crippen molar-refractivity contribution in [3.63, 3.8) is 0 Å². The van der Waals surface area contributed by atoms with Crippen molar-refractivity contribution in [2.45, 2.75) is 6.92 Å². The Bertz CT molecular complexity index is 517. The predicted octanol–water partition coefficient (Wildman–Crippen LogP) is 1.18. The van der Waals surface area contributed by atoms with Crippen molar-refractivity contribution in [3.8, 4) is 0 Å². The second kappa shape index (κ2) is 2.76. The SMILES string of the molecule is Cc1cc2nn(C)nc2cc1[N+](=O)[O-]. The molecule has 0 amide bonds. The van der Waals surface area contributed by atoms with Crippen molar-refractivity contribution in [1.29, 1.82) is 0 Å². The highest BCUT2D eigenvalue weighted by Gasteiger charge is 2.13. The Balaban J connectivity index is 2.76. The molecule has 0 saturated heterocycles. The summed E-state index contributed by atoms with van der Waals surface area (Å²) in [5.41, 5.74) is 1.90. The Morgan fingerprint density at radius 2 is 1.93 bits per heavy atom. The van der Waals surface area contributed by atoms with Gasteiger partial charge in [0, 0.05) is 18.7 Å². The van der Waals surface area contributed by atoms with Gasteiger partial charge in [-0.1, -0.05) is 0 Å². The first-order chi connectivity index (χ1) is 6.58. The minimum atomic E-state index is -0.413. The van der Waals surface area contributed by atoms with Crippen LogP contribution in [0.2, 0.25) is 0 Å². The second-order valence-electron chi connectivity index (χ2n) is 3.07. The lowest BCUT2D eigenvalue weighted by molar-refractivity contribution is -0.385. The monoisotopic (exact) mass is 192 g/mol. The molecule has 0 unspecified atom stereocenters. The van der Waals surface area contributed by atoms with Gasteiger partial charge in [-0.2, -0.15) is 15.0 Å². The number of nitrogens with zero attached hydrogens (tertiary/aromatic N) is 4. The number of nitro groups is 1. The van der Waals surface area contributed by atoms with Gasteiger partial charge in [-0.15, -0.1) is 0 Å². The predicted molar refractivity (Wildman–Crippen MR) is 49.9 cm³/mol. The average molecular weight is 192 g/mol. The van der Waals surface area contributed by atoms with E-state index in [2.05, 4.69) is 10.2 Å². The molecule has 0 radical (unpaired) electrons. The molecule has 0 fully saturated rings. The van der Waals surface area contributed by atoms with Gasteiger partial charge in [-0.25, -0.2) is 0 Å². The van der Waals surface area contributed by atoms with E-state index in [1.165, 1.54) is 10.9 Å². The van der Waals surface area contributed by atoms with E-state index in [4.69, 9.17) is 0 Å². The number of nitro benzene ring substituents is 1. The van der Waals surface area contributed by atoms with Crippen LogP contribution in [0.1, 0.15) is 5.56 Å². The van der Waals surface area contributed by atoms with Crippen LogP contribution in [0.25, 0.3) is 11.0 Å². The summed E-state index contributed by atoms with van der Waals surface area (Å²) in [6, 6.07) is 3.11. The third kappa shape index (κ3) is 1.20. The number of fused-ring (bicyclic) bond motifs is 1. The molecule has 14 heavy (non-hydrogen) atoms. The molecular weight excluding hydrogens is 184 g/mol. The molecule has 0 bridgehead atoms. The Morgan fingerprint density at radius 3 is 2.50 bits per heavy atom. The van der Waals surface area contributed by atoms with Gasteiger partial charge in [0.2, 0.25) is 0 Å². The quantitative estimate of drug-likeness (QED) is 0.502. The summed E-state index contributed by atoms with van der Waals surface area (Å²) in [5.74, 6) is 0. The zero-order chi connectivity index (χ0) is 10.3. The molecule has 0 N–H and O–H groups in total. The maximum Gasteiger partial charge on any atom is 0.274 e. The lowest BCUT2D eigenvalue weighted by Gasteiger charge is -1.94. The number of hydrogen-bond acceptors (Lipinski definition) is 4. The van der Waals surface area contributed by atoms with Crippen LogP contribution < -0.4 is 0 Å². The van der Waals surface area contributed by atoms with E-state index in [-0.39, 0.29) is 5.69 Å². The molecule has 1 aromatic heterocycles. The number of hydrogen-bond donors (Lipinski definition) is 0. The number of aryl methyl sites for hydroxylation is 2. The minimum Gasteiger partial charge on any atom is -0.258 e. The van der Waals surface area contributed by atoms with E-state index >= 15 is 0 Å². The fourth-order valence-electron chi connectivity index (χ4n) is 1.36. The van der Waals surface area contributed by atoms with Crippen LogP contribution in [0.3, 0.4) is 0 Å².